The van der Waals surface area contributed by atoms with Crippen molar-refractivity contribution in [2.75, 3.05) is 25.7 Å². The summed E-state index contributed by atoms with van der Waals surface area (Å²) < 4.78 is 14.3. The average molecular weight is 403 g/mol. The Morgan fingerprint density at radius 1 is 0.630 bits per heavy atom. The monoisotopic (exact) mass is 402 g/mol. The topological polar surface area (TPSA) is 78.9 Å². The van der Waals surface area contributed by atoms with Crippen molar-refractivity contribution in [3.05, 3.63) is 36.5 Å². The Bertz CT molecular complexity index is 497. The molecule has 0 N–H and O–H groups in total. The zero-order valence-electron chi connectivity index (χ0n) is 16.6. The van der Waals surface area contributed by atoms with Crippen LogP contribution in [0.1, 0.15) is 46.5 Å². The van der Waals surface area contributed by atoms with Gasteiger partial charge in [0.15, 0.2) is 0 Å². The van der Waals surface area contributed by atoms with Gasteiger partial charge in [-0.05, 0) is 33.6 Å². The summed E-state index contributed by atoms with van der Waals surface area (Å²) in [6.45, 7) is 15.6. The lowest BCUT2D eigenvalue weighted by molar-refractivity contribution is -0.147. The SMILES string of the molecule is C=C(C)C(=O)OCCCCCCCl.C=C(C)C(=O)OCCOC(=O)C(=C)C. The minimum Gasteiger partial charge on any atom is -0.462 e. The number of alkyl halides is 1. The van der Waals surface area contributed by atoms with Crippen molar-refractivity contribution in [2.24, 2.45) is 0 Å². The molecule has 0 bridgehead atoms. The maximum atomic E-state index is 10.9. The number of carbonyl (C=O) groups excluding carboxylic acids is 3. The summed E-state index contributed by atoms with van der Waals surface area (Å²) in [5.41, 5.74) is 1.09. The van der Waals surface area contributed by atoms with Crippen LogP contribution in [-0.2, 0) is 28.6 Å². The van der Waals surface area contributed by atoms with E-state index in [0.717, 1.165) is 25.7 Å². The highest BCUT2D eigenvalue weighted by molar-refractivity contribution is 6.17. The summed E-state index contributed by atoms with van der Waals surface area (Å²) in [4.78, 5) is 32.6. The number of halogens is 1. The molecule has 0 heterocycles. The number of unbranched alkanes of at least 4 members (excludes halogenated alkanes) is 3. The molecule has 0 aliphatic rings. The van der Waals surface area contributed by atoms with Crippen LogP contribution in [0.2, 0.25) is 0 Å². The first-order valence-electron chi connectivity index (χ1n) is 8.67. The van der Waals surface area contributed by atoms with Crippen molar-refractivity contribution >= 4 is 29.5 Å². The van der Waals surface area contributed by atoms with Crippen LogP contribution in [0.3, 0.4) is 0 Å². The lowest BCUT2D eigenvalue weighted by atomic mass is 10.2. The van der Waals surface area contributed by atoms with Gasteiger partial charge < -0.3 is 14.2 Å². The van der Waals surface area contributed by atoms with Crippen LogP contribution < -0.4 is 0 Å². The van der Waals surface area contributed by atoms with E-state index in [1.54, 1.807) is 20.8 Å². The molecule has 0 aromatic heterocycles. The molecule has 0 rings (SSSR count). The largest absolute Gasteiger partial charge is 0.462 e. The standard InChI is InChI=1S/C10H17ClO2.C10H14O4/c1-9(2)10(12)13-8-6-4-3-5-7-11;1-7(2)9(11)13-5-6-14-10(12)8(3)4/h1,3-8H2,2H3;1,3,5-6H2,2,4H3. The highest BCUT2D eigenvalue weighted by Gasteiger charge is 2.05. The molecule has 0 saturated heterocycles. The first-order chi connectivity index (χ1) is 12.6. The smallest absolute Gasteiger partial charge is 0.333 e. The quantitative estimate of drug-likeness (QED) is 0.160. The fraction of sp³-hybridized carbons (Fsp3) is 0.550. The molecule has 0 radical (unpaired) electrons. The number of carbonyl (C=O) groups is 3. The van der Waals surface area contributed by atoms with E-state index >= 15 is 0 Å². The third-order valence-electron chi connectivity index (χ3n) is 2.86. The van der Waals surface area contributed by atoms with E-state index in [1.807, 2.05) is 0 Å². The predicted molar refractivity (Wildman–Crippen MR) is 107 cm³/mol. The molecule has 0 aromatic rings. The van der Waals surface area contributed by atoms with Gasteiger partial charge in [-0.3, -0.25) is 0 Å². The van der Waals surface area contributed by atoms with Gasteiger partial charge in [0, 0.05) is 22.6 Å². The number of esters is 3. The number of rotatable bonds is 12. The third-order valence-corrected chi connectivity index (χ3v) is 3.12. The van der Waals surface area contributed by atoms with E-state index < -0.39 is 11.9 Å². The first-order valence-corrected chi connectivity index (χ1v) is 9.20. The Balaban J connectivity index is 0. The zero-order valence-corrected chi connectivity index (χ0v) is 17.4. The van der Waals surface area contributed by atoms with Crippen molar-refractivity contribution in [3.63, 3.8) is 0 Å². The second-order valence-corrected chi connectivity index (χ2v) is 6.23. The Kier molecular flexibility index (Phi) is 17.4. The Morgan fingerprint density at radius 2 is 0.963 bits per heavy atom. The van der Waals surface area contributed by atoms with Crippen LogP contribution in [0.15, 0.2) is 36.5 Å². The van der Waals surface area contributed by atoms with Gasteiger partial charge in [-0.2, -0.15) is 0 Å². The van der Waals surface area contributed by atoms with Crippen molar-refractivity contribution in [3.8, 4) is 0 Å². The third kappa shape index (κ3) is 18.5. The highest BCUT2D eigenvalue weighted by Crippen LogP contribution is 2.02. The molecule has 0 aliphatic carbocycles. The normalized spacial score (nSPS) is 9.33. The lowest BCUT2D eigenvalue weighted by Crippen LogP contribution is -2.14. The van der Waals surface area contributed by atoms with Crippen LogP contribution in [-0.4, -0.2) is 43.6 Å². The van der Waals surface area contributed by atoms with Gasteiger partial charge in [0.2, 0.25) is 0 Å². The summed E-state index contributed by atoms with van der Waals surface area (Å²) in [6.07, 6.45) is 4.12. The predicted octanol–water partition coefficient (Wildman–Crippen LogP) is 4.13. The molecule has 7 heteroatoms. The van der Waals surface area contributed by atoms with Crippen molar-refractivity contribution in [1.82, 2.24) is 0 Å². The summed E-state index contributed by atoms with van der Waals surface area (Å²) in [5, 5.41) is 0. The first kappa shape index (κ1) is 27.1. The lowest BCUT2D eigenvalue weighted by Gasteiger charge is -2.05. The molecule has 0 fully saturated rings. The molecule has 154 valence electrons. The summed E-state index contributed by atoms with van der Waals surface area (Å²) in [7, 11) is 0. The van der Waals surface area contributed by atoms with Crippen molar-refractivity contribution in [1.29, 1.82) is 0 Å². The fourth-order valence-electron chi connectivity index (χ4n) is 1.35. The highest BCUT2D eigenvalue weighted by atomic mass is 35.5. The van der Waals surface area contributed by atoms with Gasteiger partial charge in [0.05, 0.1) is 6.61 Å². The molecule has 0 saturated carbocycles. The van der Waals surface area contributed by atoms with Crippen LogP contribution in [0.4, 0.5) is 0 Å². The minimum absolute atomic E-state index is 0.0325. The molecule has 0 aromatic carbocycles. The van der Waals surface area contributed by atoms with Crippen LogP contribution in [0.5, 0.6) is 0 Å². The van der Waals surface area contributed by atoms with E-state index in [0.29, 0.717) is 29.2 Å². The Hall–Kier alpha value is -2.08. The molecule has 27 heavy (non-hydrogen) atoms. The Labute approximate surface area is 167 Å². The summed E-state index contributed by atoms with van der Waals surface area (Å²) in [5.74, 6) is -0.559. The van der Waals surface area contributed by atoms with E-state index in [4.69, 9.17) is 16.3 Å². The summed E-state index contributed by atoms with van der Waals surface area (Å²) >= 11 is 5.51. The molecular weight excluding hydrogens is 372 g/mol. The van der Waals surface area contributed by atoms with Crippen molar-refractivity contribution < 1.29 is 28.6 Å². The minimum atomic E-state index is -0.489. The van der Waals surface area contributed by atoms with E-state index in [-0.39, 0.29) is 19.2 Å². The Morgan fingerprint density at radius 3 is 1.30 bits per heavy atom. The average Bonchev–Trinajstić information content (AvgIpc) is 2.61. The number of hydrogen-bond donors (Lipinski definition) is 0. The van der Waals surface area contributed by atoms with Gasteiger partial charge in [-0.15, -0.1) is 11.6 Å². The van der Waals surface area contributed by atoms with Gasteiger partial charge in [0.25, 0.3) is 0 Å². The van der Waals surface area contributed by atoms with Crippen LogP contribution in [0, 0.1) is 0 Å². The number of hydrogen-bond acceptors (Lipinski definition) is 6. The van der Waals surface area contributed by atoms with Crippen LogP contribution in [0.25, 0.3) is 0 Å². The van der Waals surface area contributed by atoms with Crippen LogP contribution >= 0.6 is 11.6 Å². The van der Waals surface area contributed by atoms with E-state index in [2.05, 4.69) is 29.2 Å². The van der Waals surface area contributed by atoms with Gasteiger partial charge in [-0.1, -0.05) is 32.6 Å². The second kappa shape index (κ2) is 17.3. The molecule has 0 spiro atoms. The molecular formula is C20H31ClO6. The second-order valence-electron chi connectivity index (χ2n) is 5.85. The zero-order chi connectivity index (χ0) is 21.2. The fourth-order valence-corrected chi connectivity index (χ4v) is 1.54. The molecule has 0 unspecified atom stereocenters. The van der Waals surface area contributed by atoms with Gasteiger partial charge in [0.1, 0.15) is 13.2 Å². The maximum Gasteiger partial charge on any atom is 0.333 e. The van der Waals surface area contributed by atoms with E-state index in [9.17, 15) is 14.4 Å². The molecule has 0 atom stereocenters. The van der Waals surface area contributed by atoms with Gasteiger partial charge in [-0.25, -0.2) is 14.4 Å². The van der Waals surface area contributed by atoms with Crippen molar-refractivity contribution in [2.45, 2.75) is 46.5 Å². The maximum absolute atomic E-state index is 10.9. The molecule has 0 amide bonds. The number of ether oxygens (including phenoxy) is 3. The van der Waals surface area contributed by atoms with Gasteiger partial charge >= 0.3 is 17.9 Å². The summed E-state index contributed by atoms with van der Waals surface area (Å²) in [6, 6.07) is 0. The molecule has 6 nitrogen and oxygen atoms in total. The molecule has 0 aliphatic heterocycles. The van der Waals surface area contributed by atoms with E-state index in [1.165, 1.54) is 0 Å².